The second-order valence-corrected chi connectivity index (χ2v) is 7.99. The van der Waals surface area contributed by atoms with Crippen LogP contribution in [0.25, 0.3) is 0 Å². The third-order valence-corrected chi connectivity index (χ3v) is 5.61. The number of aryl methyl sites for hydroxylation is 1. The summed E-state index contributed by atoms with van der Waals surface area (Å²) in [5.74, 6) is -0.269. The number of ether oxygens (including phenoxy) is 1. The third kappa shape index (κ3) is 4.25. The Morgan fingerprint density at radius 1 is 1.25 bits per heavy atom. The Hall–Kier alpha value is -3.20. The number of anilines is 2. The van der Waals surface area contributed by atoms with Gasteiger partial charge >= 0.3 is 6.18 Å². The molecule has 168 valence electrons. The van der Waals surface area contributed by atoms with E-state index in [9.17, 15) is 18.0 Å². The number of amides is 1. The Morgan fingerprint density at radius 3 is 2.62 bits per heavy atom. The molecule has 0 aliphatic carbocycles. The smallest absolute Gasteiger partial charge is 0.410 e. The van der Waals surface area contributed by atoms with Gasteiger partial charge in [0, 0.05) is 11.4 Å². The van der Waals surface area contributed by atoms with E-state index in [-0.39, 0.29) is 17.8 Å². The summed E-state index contributed by atoms with van der Waals surface area (Å²) in [4.78, 5) is 13.0. The molecule has 0 fully saturated rings. The van der Waals surface area contributed by atoms with E-state index in [2.05, 4.69) is 15.7 Å². The van der Waals surface area contributed by atoms with Crippen LogP contribution in [-0.2, 0) is 0 Å². The van der Waals surface area contributed by atoms with Crippen molar-refractivity contribution in [2.45, 2.75) is 31.6 Å². The molecule has 32 heavy (non-hydrogen) atoms. The molecule has 2 N–H and O–H groups in total. The molecule has 2 atom stereocenters. The Bertz CT molecular complexity index is 1150. The Kier molecular flexibility index (Phi) is 5.77. The van der Waals surface area contributed by atoms with Crippen molar-refractivity contribution in [2.24, 2.45) is 0 Å². The summed E-state index contributed by atoms with van der Waals surface area (Å²) in [7, 11) is 1.43. The average Bonchev–Trinajstić information content (AvgIpc) is 3.17. The highest BCUT2D eigenvalue weighted by atomic mass is 35.5. The van der Waals surface area contributed by atoms with Crippen LogP contribution in [0.4, 0.5) is 24.7 Å². The molecule has 0 saturated heterocycles. The quantitative estimate of drug-likeness (QED) is 0.514. The van der Waals surface area contributed by atoms with Crippen molar-refractivity contribution in [3.63, 3.8) is 0 Å². The minimum atomic E-state index is -4.53. The van der Waals surface area contributed by atoms with Crippen LogP contribution in [0.15, 0.2) is 48.7 Å². The van der Waals surface area contributed by atoms with Gasteiger partial charge in [-0.05, 0) is 30.7 Å². The van der Waals surface area contributed by atoms with E-state index in [0.717, 1.165) is 16.4 Å². The first kappa shape index (κ1) is 22.0. The van der Waals surface area contributed by atoms with Crippen molar-refractivity contribution in [1.29, 1.82) is 0 Å². The lowest BCUT2D eigenvalue weighted by molar-refractivity contribution is -0.173. The van der Waals surface area contributed by atoms with E-state index in [0.29, 0.717) is 22.0 Å². The van der Waals surface area contributed by atoms with Crippen LogP contribution in [0.1, 0.15) is 40.0 Å². The number of methoxy groups -OCH3 is 1. The maximum Gasteiger partial charge on any atom is 0.410 e. The van der Waals surface area contributed by atoms with Crippen LogP contribution in [0, 0.1) is 6.92 Å². The molecule has 0 unspecified atom stereocenters. The predicted molar refractivity (Wildman–Crippen MR) is 115 cm³/mol. The fraction of sp³-hybridized carbons (Fsp3) is 0.273. The van der Waals surface area contributed by atoms with Crippen molar-refractivity contribution in [1.82, 2.24) is 9.78 Å². The molecule has 1 aromatic heterocycles. The van der Waals surface area contributed by atoms with Crippen LogP contribution in [0.5, 0.6) is 5.75 Å². The molecule has 0 radical (unpaired) electrons. The summed E-state index contributed by atoms with van der Waals surface area (Å²) in [6.45, 7) is 1.90. The number of halogens is 4. The summed E-state index contributed by atoms with van der Waals surface area (Å²) >= 11 is 6.00. The number of nitrogens with zero attached hydrogens (tertiary/aromatic N) is 2. The third-order valence-electron chi connectivity index (χ3n) is 5.37. The van der Waals surface area contributed by atoms with Crippen molar-refractivity contribution < 1.29 is 22.7 Å². The van der Waals surface area contributed by atoms with E-state index < -0.39 is 24.2 Å². The van der Waals surface area contributed by atoms with E-state index in [1.54, 1.807) is 24.3 Å². The maximum atomic E-state index is 13.9. The molecular formula is C22H20ClF3N4O2. The minimum absolute atomic E-state index is 0.00245. The van der Waals surface area contributed by atoms with Crippen molar-refractivity contribution in [3.8, 4) is 5.75 Å². The first-order valence-electron chi connectivity index (χ1n) is 9.79. The van der Waals surface area contributed by atoms with Crippen LogP contribution >= 0.6 is 11.6 Å². The standard InChI is InChI=1S/C22H20ClF3N4O2/c1-12-3-5-13(6-4-12)16-10-19(22(24,25)26)30-20(28-16)15(11-27-30)21(31)29-17-9-14(23)7-8-18(17)32-2/h3-9,11,16,19,28H,10H2,1-2H3,(H,29,31)/t16-,19-/m0/s1. The van der Waals surface area contributed by atoms with Crippen molar-refractivity contribution >= 4 is 29.0 Å². The summed E-state index contributed by atoms with van der Waals surface area (Å²) in [5.41, 5.74) is 1.97. The molecule has 1 aliphatic rings. The fourth-order valence-corrected chi connectivity index (χ4v) is 3.89. The lowest BCUT2D eigenvalue weighted by Gasteiger charge is -2.34. The number of rotatable bonds is 4. The first-order valence-corrected chi connectivity index (χ1v) is 10.2. The van der Waals surface area contributed by atoms with Gasteiger partial charge in [-0.2, -0.15) is 18.3 Å². The van der Waals surface area contributed by atoms with Gasteiger partial charge in [-0.25, -0.2) is 4.68 Å². The number of carbonyl (C=O) groups excluding carboxylic acids is 1. The largest absolute Gasteiger partial charge is 0.495 e. The molecule has 0 bridgehead atoms. The highest BCUT2D eigenvalue weighted by Crippen LogP contribution is 2.44. The van der Waals surface area contributed by atoms with Crippen LogP contribution in [-0.4, -0.2) is 29.0 Å². The SMILES string of the molecule is COc1ccc(Cl)cc1NC(=O)c1cnn2c1N[C@H](c1ccc(C)cc1)C[C@H]2C(F)(F)F. The first-order chi connectivity index (χ1) is 15.2. The number of hydrogen-bond acceptors (Lipinski definition) is 4. The van der Waals surface area contributed by atoms with Gasteiger partial charge in [-0.15, -0.1) is 0 Å². The topological polar surface area (TPSA) is 68.2 Å². The Balaban J connectivity index is 1.70. The Morgan fingerprint density at radius 2 is 1.97 bits per heavy atom. The van der Waals surface area contributed by atoms with Crippen molar-refractivity contribution in [3.05, 3.63) is 70.4 Å². The summed E-state index contributed by atoms with van der Waals surface area (Å²) in [6, 6.07) is 9.40. The molecule has 0 spiro atoms. The molecule has 10 heteroatoms. The monoisotopic (exact) mass is 464 g/mol. The zero-order chi connectivity index (χ0) is 23.0. The fourth-order valence-electron chi connectivity index (χ4n) is 3.71. The second-order valence-electron chi connectivity index (χ2n) is 7.55. The van der Waals surface area contributed by atoms with E-state index >= 15 is 0 Å². The zero-order valence-electron chi connectivity index (χ0n) is 17.2. The number of aromatic nitrogens is 2. The normalized spacial score (nSPS) is 17.9. The van der Waals surface area contributed by atoms with Gasteiger partial charge in [-0.3, -0.25) is 4.79 Å². The number of benzene rings is 2. The summed E-state index contributed by atoms with van der Waals surface area (Å²) < 4.78 is 47.6. The van der Waals surface area contributed by atoms with Crippen molar-refractivity contribution in [2.75, 3.05) is 17.7 Å². The molecule has 4 rings (SSSR count). The molecule has 1 amide bonds. The lowest BCUT2D eigenvalue weighted by atomic mass is 9.96. The van der Waals surface area contributed by atoms with Gasteiger partial charge in [-0.1, -0.05) is 41.4 Å². The number of fused-ring (bicyclic) bond motifs is 1. The molecular weight excluding hydrogens is 445 g/mol. The Labute approximate surface area is 187 Å². The molecule has 1 aliphatic heterocycles. The lowest BCUT2D eigenvalue weighted by Crippen LogP contribution is -2.36. The molecule has 2 aromatic carbocycles. The summed E-state index contributed by atoms with van der Waals surface area (Å²) in [5, 5.41) is 9.97. The highest BCUT2D eigenvalue weighted by Gasteiger charge is 2.47. The number of alkyl halides is 3. The molecule has 2 heterocycles. The zero-order valence-corrected chi connectivity index (χ0v) is 18.0. The van der Waals surface area contributed by atoms with Gasteiger partial charge in [0.05, 0.1) is 25.0 Å². The van der Waals surface area contributed by atoms with Gasteiger partial charge in [0.1, 0.15) is 17.1 Å². The van der Waals surface area contributed by atoms with Gasteiger partial charge in [0.15, 0.2) is 6.04 Å². The van der Waals surface area contributed by atoms with E-state index in [4.69, 9.17) is 16.3 Å². The van der Waals surface area contributed by atoms with Crippen LogP contribution in [0.3, 0.4) is 0 Å². The van der Waals surface area contributed by atoms with Gasteiger partial charge in [0.2, 0.25) is 0 Å². The molecule has 0 saturated carbocycles. The predicted octanol–water partition coefficient (Wildman–Crippen LogP) is 5.77. The van der Waals surface area contributed by atoms with Crippen LogP contribution < -0.4 is 15.4 Å². The van der Waals surface area contributed by atoms with E-state index in [1.165, 1.54) is 13.2 Å². The van der Waals surface area contributed by atoms with E-state index in [1.807, 2.05) is 19.1 Å². The minimum Gasteiger partial charge on any atom is -0.495 e. The second kappa shape index (κ2) is 8.38. The number of carbonyl (C=O) groups is 1. The van der Waals surface area contributed by atoms with Crippen LogP contribution in [0.2, 0.25) is 5.02 Å². The molecule has 6 nitrogen and oxygen atoms in total. The number of hydrogen-bond donors (Lipinski definition) is 2. The van der Waals surface area contributed by atoms with Gasteiger partial charge in [0.25, 0.3) is 5.91 Å². The number of nitrogens with one attached hydrogen (secondary N) is 2. The average molecular weight is 465 g/mol. The maximum absolute atomic E-state index is 13.9. The van der Waals surface area contributed by atoms with Gasteiger partial charge < -0.3 is 15.4 Å². The molecule has 3 aromatic rings. The highest BCUT2D eigenvalue weighted by molar-refractivity contribution is 6.31. The summed E-state index contributed by atoms with van der Waals surface area (Å²) in [6.07, 6.45) is -3.65.